The number of ether oxygens (including phenoxy) is 2. The van der Waals surface area contributed by atoms with Crippen molar-refractivity contribution in [3.63, 3.8) is 0 Å². The highest BCUT2D eigenvalue weighted by molar-refractivity contribution is 5.91. The third kappa shape index (κ3) is 5.38. The van der Waals surface area contributed by atoms with E-state index in [4.69, 9.17) is 9.47 Å². The molecule has 25 heavy (non-hydrogen) atoms. The lowest BCUT2D eigenvalue weighted by atomic mass is 10.2. The molecule has 2 aromatic rings. The molecule has 0 aliphatic carbocycles. The first-order valence-electron chi connectivity index (χ1n) is 8.49. The maximum atomic E-state index is 12.0. The van der Waals surface area contributed by atoms with Crippen molar-refractivity contribution >= 4 is 12.0 Å². The van der Waals surface area contributed by atoms with E-state index in [0.717, 1.165) is 11.1 Å². The molecule has 2 rings (SSSR count). The van der Waals surface area contributed by atoms with E-state index in [9.17, 15) is 4.79 Å². The number of rotatable bonds is 8. The van der Waals surface area contributed by atoms with Gasteiger partial charge in [-0.2, -0.15) is 0 Å². The van der Waals surface area contributed by atoms with Gasteiger partial charge in [-0.05, 0) is 43.2 Å². The Bertz CT molecular complexity index is 706. The molecule has 0 aliphatic rings. The summed E-state index contributed by atoms with van der Waals surface area (Å²) in [6.45, 7) is 5.83. The summed E-state index contributed by atoms with van der Waals surface area (Å²) in [5, 5.41) is 0. The molecular weight excluding hydrogens is 314 g/mol. The highest BCUT2D eigenvalue weighted by atomic mass is 16.5. The smallest absolute Gasteiger partial charge is 0.246 e. The number of nitrogens with zero attached hydrogens (tertiary/aromatic N) is 1. The molecule has 0 saturated carbocycles. The Hall–Kier alpha value is -2.75. The Morgan fingerprint density at radius 2 is 1.76 bits per heavy atom. The molecule has 0 heterocycles. The van der Waals surface area contributed by atoms with Gasteiger partial charge in [-0.3, -0.25) is 4.79 Å². The van der Waals surface area contributed by atoms with Crippen LogP contribution in [0.25, 0.3) is 6.08 Å². The van der Waals surface area contributed by atoms with Gasteiger partial charge < -0.3 is 14.4 Å². The first-order chi connectivity index (χ1) is 12.2. The third-order valence-electron chi connectivity index (χ3n) is 3.92. The maximum Gasteiger partial charge on any atom is 0.246 e. The van der Waals surface area contributed by atoms with E-state index >= 15 is 0 Å². The minimum absolute atomic E-state index is 0.00775. The first kappa shape index (κ1) is 18.6. The molecule has 0 bridgehead atoms. The summed E-state index contributed by atoms with van der Waals surface area (Å²) in [7, 11) is 1.61. The van der Waals surface area contributed by atoms with Gasteiger partial charge in [-0.25, -0.2) is 0 Å². The molecule has 0 aliphatic heterocycles. The minimum atomic E-state index is 0.00775. The van der Waals surface area contributed by atoms with E-state index in [1.807, 2.05) is 62.4 Å². The van der Waals surface area contributed by atoms with Crippen LogP contribution in [0.5, 0.6) is 11.5 Å². The highest BCUT2D eigenvalue weighted by Crippen LogP contribution is 2.29. The maximum absolute atomic E-state index is 12.0. The lowest BCUT2D eigenvalue weighted by Gasteiger charge is -2.16. The average Bonchev–Trinajstić information content (AvgIpc) is 2.66. The van der Waals surface area contributed by atoms with Crippen molar-refractivity contribution in [2.75, 3.05) is 20.2 Å². The predicted octanol–water partition coefficient (Wildman–Crippen LogP) is 4.16. The fraction of sp³-hybridized carbons (Fsp3) is 0.286. The fourth-order valence-corrected chi connectivity index (χ4v) is 2.45. The number of carbonyl (C=O) groups excluding carboxylic acids is 1. The Morgan fingerprint density at radius 3 is 2.40 bits per heavy atom. The number of methoxy groups -OCH3 is 1. The van der Waals surface area contributed by atoms with Crippen molar-refractivity contribution in [2.45, 2.75) is 20.5 Å². The Labute approximate surface area is 149 Å². The molecule has 0 atom stereocenters. The lowest BCUT2D eigenvalue weighted by molar-refractivity contribution is -0.125. The normalized spacial score (nSPS) is 10.7. The number of carbonyl (C=O) groups is 1. The zero-order chi connectivity index (χ0) is 18.1. The van der Waals surface area contributed by atoms with Crippen LogP contribution in [-0.4, -0.2) is 31.0 Å². The number of likely N-dealkylation sites (N-methyl/N-ethyl adjacent to an activating group) is 1. The number of hydrogen-bond acceptors (Lipinski definition) is 3. The molecule has 0 aromatic heterocycles. The van der Waals surface area contributed by atoms with Gasteiger partial charge in [0.2, 0.25) is 5.91 Å². The van der Waals surface area contributed by atoms with Gasteiger partial charge in [0.05, 0.1) is 7.11 Å². The summed E-state index contributed by atoms with van der Waals surface area (Å²) in [4.78, 5) is 13.8. The van der Waals surface area contributed by atoms with Gasteiger partial charge in [-0.1, -0.05) is 36.4 Å². The van der Waals surface area contributed by atoms with Crippen LogP contribution in [0.15, 0.2) is 54.6 Å². The van der Waals surface area contributed by atoms with E-state index in [1.54, 1.807) is 24.2 Å². The molecule has 132 valence electrons. The Balaban J connectivity index is 2.06. The minimum Gasteiger partial charge on any atom is -0.493 e. The van der Waals surface area contributed by atoms with Gasteiger partial charge in [0.15, 0.2) is 11.5 Å². The van der Waals surface area contributed by atoms with E-state index in [-0.39, 0.29) is 5.91 Å². The Morgan fingerprint density at radius 1 is 1.04 bits per heavy atom. The van der Waals surface area contributed by atoms with Gasteiger partial charge in [0.25, 0.3) is 0 Å². The second-order valence-corrected chi connectivity index (χ2v) is 5.53. The quantitative estimate of drug-likeness (QED) is 0.678. The van der Waals surface area contributed by atoms with Crippen LogP contribution in [0, 0.1) is 0 Å². The standard InChI is InChI=1S/C21H25NO3/c1-4-22(5-2)21(23)14-12-17-11-13-19(20(15-17)24-3)25-16-18-9-7-6-8-10-18/h6-15H,4-5,16H2,1-3H3/b14-12+. The third-order valence-corrected chi connectivity index (χ3v) is 3.92. The summed E-state index contributed by atoms with van der Waals surface area (Å²) in [6.07, 6.45) is 3.39. The summed E-state index contributed by atoms with van der Waals surface area (Å²) in [5.41, 5.74) is 1.99. The van der Waals surface area contributed by atoms with E-state index in [0.29, 0.717) is 31.2 Å². The van der Waals surface area contributed by atoms with Crippen LogP contribution < -0.4 is 9.47 Å². The van der Waals surface area contributed by atoms with Gasteiger partial charge in [0.1, 0.15) is 6.61 Å². The van der Waals surface area contributed by atoms with E-state index in [1.165, 1.54) is 0 Å². The van der Waals surface area contributed by atoms with Crippen LogP contribution in [0.1, 0.15) is 25.0 Å². The van der Waals surface area contributed by atoms with Crippen molar-refractivity contribution in [3.05, 3.63) is 65.7 Å². The summed E-state index contributed by atoms with van der Waals surface area (Å²) < 4.78 is 11.3. The molecule has 0 fully saturated rings. The van der Waals surface area contributed by atoms with Crippen molar-refractivity contribution < 1.29 is 14.3 Å². The molecule has 0 saturated heterocycles. The largest absolute Gasteiger partial charge is 0.493 e. The topological polar surface area (TPSA) is 38.8 Å². The number of amides is 1. The van der Waals surface area contributed by atoms with Crippen molar-refractivity contribution in [3.8, 4) is 11.5 Å². The van der Waals surface area contributed by atoms with E-state index in [2.05, 4.69) is 0 Å². The molecule has 0 unspecified atom stereocenters. The lowest BCUT2D eigenvalue weighted by Crippen LogP contribution is -2.28. The fourth-order valence-electron chi connectivity index (χ4n) is 2.45. The zero-order valence-corrected chi connectivity index (χ0v) is 15.1. The Kier molecular flexibility index (Phi) is 7.08. The molecule has 0 N–H and O–H groups in total. The number of hydrogen-bond donors (Lipinski definition) is 0. The van der Waals surface area contributed by atoms with Crippen LogP contribution in [0.3, 0.4) is 0 Å². The van der Waals surface area contributed by atoms with Gasteiger partial charge in [-0.15, -0.1) is 0 Å². The molecule has 1 amide bonds. The summed E-state index contributed by atoms with van der Waals surface area (Å²) in [6, 6.07) is 15.6. The second-order valence-electron chi connectivity index (χ2n) is 5.53. The van der Waals surface area contributed by atoms with Crippen LogP contribution >= 0.6 is 0 Å². The van der Waals surface area contributed by atoms with Crippen LogP contribution in [0.2, 0.25) is 0 Å². The average molecular weight is 339 g/mol. The first-order valence-corrected chi connectivity index (χ1v) is 8.49. The second kappa shape index (κ2) is 9.52. The van der Waals surface area contributed by atoms with Crippen LogP contribution in [0.4, 0.5) is 0 Å². The van der Waals surface area contributed by atoms with Gasteiger partial charge >= 0.3 is 0 Å². The van der Waals surface area contributed by atoms with E-state index < -0.39 is 0 Å². The zero-order valence-electron chi connectivity index (χ0n) is 15.1. The predicted molar refractivity (Wildman–Crippen MR) is 101 cm³/mol. The summed E-state index contributed by atoms with van der Waals surface area (Å²) in [5.74, 6) is 1.33. The van der Waals surface area contributed by atoms with Gasteiger partial charge in [0, 0.05) is 19.2 Å². The molecule has 2 aromatic carbocycles. The van der Waals surface area contributed by atoms with Crippen molar-refractivity contribution in [1.29, 1.82) is 0 Å². The summed E-state index contributed by atoms with van der Waals surface area (Å²) >= 11 is 0. The SMILES string of the molecule is CCN(CC)C(=O)/C=C/c1ccc(OCc2ccccc2)c(OC)c1. The molecular formula is C21H25NO3. The highest BCUT2D eigenvalue weighted by Gasteiger charge is 2.07. The van der Waals surface area contributed by atoms with Crippen LogP contribution in [-0.2, 0) is 11.4 Å². The molecule has 0 radical (unpaired) electrons. The monoisotopic (exact) mass is 339 g/mol. The number of benzene rings is 2. The molecule has 4 heteroatoms. The molecule has 0 spiro atoms. The van der Waals surface area contributed by atoms with Crippen molar-refractivity contribution in [1.82, 2.24) is 4.90 Å². The molecule has 4 nitrogen and oxygen atoms in total. The van der Waals surface area contributed by atoms with Crippen molar-refractivity contribution in [2.24, 2.45) is 0 Å².